The van der Waals surface area contributed by atoms with E-state index in [1.165, 1.54) is 186 Å². The van der Waals surface area contributed by atoms with Gasteiger partial charge in [-0.3, -0.25) is 9.36 Å². The minimum absolute atomic E-state index is 0.0169. The van der Waals surface area contributed by atoms with Gasteiger partial charge in [-0.2, -0.15) is 0 Å². The molecule has 0 rings (SSSR count). The molecule has 1 amide bonds. The van der Waals surface area contributed by atoms with Crippen LogP contribution in [0.3, 0.4) is 0 Å². The molecule has 0 aromatic heterocycles. The zero-order valence-corrected chi connectivity index (χ0v) is 63.2. The summed E-state index contributed by atoms with van der Waals surface area (Å²) in [4.78, 5) is 25.7. The lowest BCUT2D eigenvalue weighted by Crippen LogP contribution is -2.45. The Morgan fingerprint density at radius 2 is 0.653 bits per heavy atom. The quantitative estimate of drug-likeness (QED) is 0.0272. The van der Waals surface area contributed by atoms with Crippen LogP contribution in [0.25, 0.3) is 0 Å². The molecule has 0 fully saturated rings. The highest BCUT2D eigenvalue weighted by Gasteiger charge is 2.23. The Morgan fingerprint density at radius 3 is 0.979 bits per heavy atom. The van der Waals surface area contributed by atoms with Crippen molar-refractivity contribution < 1.29 is 32.9 Å². The number of phosphoric acid groups is 1. The Hall–Kier alpha value is -3.88. The Morgan fingerprint density at radius 1 is 0.379 bits per heavy atom. The second kappa shape index (κ2) is 74.3. The van der Waals surface area contributed by atoms with Crippen molar-refractivity contribution in [2.45, 2.75) is 341 Å². The summed E-state index contributed by atoms with van der Waals surface area (Å²) in [6.45, 7) is 4.52. The van der Waals surface area contributed by atoms with Crippen molar-refractivity contribution in [2.24, 2.45) is 0 Å². The van der Waals surface area contributed by atoms with Crippen LogP contribution in [0.5, 0.6) is 0 Å². The third kappa shape index (κ3) is 77.3. The summed E-state index contributed by atoms with van der Waals surface area (Å²) >= 11 is 0. The number of aliphatic hydroxyl groups is 1. The number of nitrogens with zero attached hydrogens (tertiary/aromatic N) is 1. The monoisotopic (exact) mass is 1340 g/mol. The second-order valence-corrected chi connectivity index (χ2v) is 28.7. The molecule has 8 nitrogen and oxygen atoms in total. The summed E-state index contributed by atoms with van der Waals surface area (Å²) in [5, 5.41) is 14.0. The summed E-state index contributed by atoms with van der Waals surface area (Å²) in [5.74, 6) is -0.219. The first-order chi connectivity index (χ1) is 46.5. The molecular formula is C86H149N2O6P. The molecule has 0 heterocycles. The van der Waals surface area contributed by atoms with Crippen molar-refractivity contribution >= 4 is 13.7 Å². The number of aliphatic hydroxyl groups excluding tert-OH is 1. The molecule has 0 aliphatic carbocycles. The van der Waals surface area contributed by atoms with Gasteiger partial charge in [0.1, 0.15) is 13.2 Å². The minimum atomic E-state index is -4.63. The van der Waals surface area contributed by atoms with Crippen LogP contribution in [-0.4, -0.2) is 68.5 Å². The Kier molecular flexibility index (Phi) is 71.3. The summed E-state index contributed by atoms with van der Waals surface area (Å²) < 4.78 is 23.5. The number of unbranched alkanes of at least 4 members (excludes halogenated alkanes) is 34. The smallest absolute Gasteiger partial charge is 0.268 e. The number of phosphoric ester groups is 1. The number of nitrogens with one attached hydrogen (secondary N) is 1. The molecule has 0 saturated heterocycles. The molecule has 2 N–H and O–H groups in total. The molecule has 0 aliphatic heterocycles. The number of rotatable bonds is 71. The van der Waals surface area contributed by atoms with E-state index in [1.54, 1.807) is 6.08 Å². The van der Waals surface area contributed by atoms with Crippen LogP contribution >= 0.6 is 7.82 Å². The maximum Gasteiger partial charge on any atom is 0.268 e. The second-order valence-electron chi connectivity index (χ2n) is 27.3. The number of hydrogen-bond acceptors (Lipinski definition) is 6. The molecular weight excluding hydrogens is 1190 g/mol. The highest BCUT2D eigenvalue weighted by atomic mass is 31.2. The van der Waals surface area contributed by atoms with E-state index in [0.717, 1.165) is 122 Å². The first-order valence-electron chi connectivity index (χ1n) is 39.3. The lowest BCUT2D eigenvalue weighted by molar-refractivity contribution is -0.870. The van der Waals surface area contributed by atoms with Crippen molar-refractivity contribution in [2.75, 3.05) is 40.9 Å². The molecule has 0 spiro atoms. The average Bonchev–Trinajstić information content (AvgIpc) is 2.01. The molecule has 544 valence electrons. The first kappa shape index (κ1) is 91.1. The lowest BCUT2D eigenvalue weighted by Gasteiger charge is -2.29. The third-order valence-corrected chi connectivity index (χ3v) is 17.9. The van der Waals surface area contributed by atoms with Gasteiger partial charge in [-0.1, -0.05) is 358 Å². The van der Waals surface area contributed by atoms with Crippen LogP contribution in [0.2, 0.25) is 0 Å². The SMILES string of the molecule is CC/C=C\C/C=C\C/C=C\C/C=C\C/C=C\C/C=C\C/C=C\C/C=C\C/C=C\C/C=C\CCCCCCCCCCCCC(=O)NC(COP(=O)([O-])OCC[N+](C)(C)C)C(O)/C=C/CC/C=C/CC/C=C/CCCCCCCCCCCCCCCCCCCCCCCC. The van der Waals surface area contributed by atoms with Gasteiger partial charge < -0.3 is 28.8 Å². The first-order valence-corrected chi connectivity index (χ1v) is 40.8. The van der Waals surface area contributed by atoms with E-state index >= 15 is 0 Å². The van der Waals surface area contributed by atoms with Crippen LogP contribution in [-0.2, 0) is 18.4 Å². The molecule has 9 heteroatoms. The van der Waals surface area contributed by atoms with Crippen molar-refractivity contribution in [1.29, 1.82) is 0 Å². The number of likely N-dealkylation sites (N-methyl/N-ethyl adjacent to an activating group) is 1. The predicted molar refractivity (Wildman–Crippen MR) is 417 cm³/mol. The van der Waals surface area contributed by atoms with E-state index in [2.05, 4.69) is 165 Å². The van der Waals surface area contributed by atoms with Gasteiger partial charge in [0.25, 0.3) is 7.82 Å². The normalized spacial score (nSPS) is 14.4. The topological polar surface area (TPSA) is 108 Å². The van der Waals surface area contributed by atoms with Gasteiger partial charge in [-0.05, 0) is 122 Å². The minimum Gasteiger partial charge on any atom is -0.756 e. The van der Waals surface area contributed by atoms with Crippen molar-refractivity contribution in [3.63, 3.8) is 0 Å². The van der Waals surface area contributed by atoms with Crippen LogP contribution < -0.4 is 10.2 Å². The number of quaternary nitrogens is 1. The molecule has 0 aromatic rings. The van der Waals surface area contributed by atoms with Gasteiger partial charge in [0.05, 0.1) is 39.9 Å². The zero-order valence-electron chi connectivity index (χ0n) is 62.3. The van der Waals surface area contributed by atoms with E-state index < -0.39 is 26.6 Å². The van der Waals surface area contributed by atoms with E-state index in [1.807, 2.05) is 27.2 Å². The van der Waals surface area contributed by atoms with E-state index in [4.69, 9.17) is 9.05 Å². The molecule has 0 saturated carbocycles. The fourth-order valence-electron chi connectivity index (χ4n) is 10.9. The summed E-state index contributed by atoms with van der Waals surface area (Å²) in [5.41, 5.74) is 0. The van der Waals surface area contributed by atoms with Gasteiger partial charge in [0.15, 0.2) is 0 Å². The predicted octanol–water partition coefficient (Wildman–Crippen LogP) is 25.4. The van der Waals surface area contributed by atoms with Gasteiger partial charge in [0.2, 0.25) is 5.91 Å². The molecule has 3 atom stereocenters. The maximum absolute atomic E-state index is 13.1. The van der Waals surface area contributed by atoms with E-state index in [0.29, 0.717) is 17.4 Å². The number of amides is 1. The fraction of sp³-hybridized carbons (Fsp3) is 0.686. The molecule has 0 aliphatic rings. The lowest BCUT2D eigenvalue weighted by atomic mass is 10.0. The highest BCUT2D eigenvalue weighted by Crippen LogP contribution is 2.38. The molecule has 0 radical (unpaired) electrons. The molecule has 95 heavy (non-hydrogen) atoms. The summed E-state index contributed by atoms with van der Waals surface area (Å²) in [6, 6.07) is -0.926. The Balaban J connectivity index is 4.13. The van der Waals surface area contributed by atoms with Crippen LogP contribution in [0.15, 0.2) is 158 Å². The van der Waals surface area contributed by atoms with Crippen molar-refractivity contribution in [3.05, 3.63) is 158 Å². The molecule has 3 unspecified atom stereocenters. The van der Waals surface area contributed by atoms with Crippen LogP contribution in [0.1, 0.15) is 328 Å². The largest absolute Gasteiger partial charge is 0.756 e. The number of hydrogen-bond donors (Lipinski definition) is 2. The number of carbonyl (C=O) groups is 1. The van der Waals surface area contributed by atoms with Crippen LogP contribution in [0, 0.1) is 0 Å². The third-order valence-electron chi connectivity index (χ3n) is 16.9. The molecule has 0 bridgehead atoms. The van der Waals surface area contributed by atoms with E-state index in [9.17, 15) is 19.4 Å². The number of allylic oxidation sites excluding steroid dienone is 25. The molecule has 0 aromatic carbocycles. The van der Waals surface area contributed by atoms with Gasteiger partial charge in [-0.25, -0.2) is 0 Å². The van der Waals surface area contributed by atoms with Crippen LogP contribution in [0.4, 0.5) is 0 Å². The van der Waals surface area contributed by atoms with Crippen molar-refractivity contribution in [3.8, 4) is 0 Å². The van der Waals surface area contributed by atoms with Gasteiger partial charge in [0, 0.05) is 6.42 Å². The highest BCUT2D eigenvalue weighted by molar-refractivity contribution is 7.45. The summed E-state index contributed by atoms with van der Waals surface area (Å²) in [6.07, 6.45) is 115. The Bertz CT molecular complexity index is 2120. The van der Waals surface area contributed by atoms with E-state index in [-0.39, 0.29) is 12.5 Å². The zero-order chi connectivity index (χ0) is 69.0. The van der Waals surface area contributed by atoms with Crippen molar-refractivity contribution in [1.82, 2.24) is 5.32 Å². The standard InChI is InChI=1S/C86H149N2O6P/c1-6-8-10-12-14-16-18-20-22-24-26-28-30-32-34-36-38-40-41-42-43-44-45-46-47-48-50-52-54-56-58-60-62-64-66-68-70-72-74-76-78-80-86(90)87-84(83-94-95(91,92)93-82-81-88(3,4)5)85(89)79-77-75-73-71-69-67-65-63-61-59-57-55-53-51-49-39-37-35-33-31-29-27-25-23-21-19-17-15-13-11-9-7-2/h8,10,14,16,20,22,26,28,32,34,38,40,42-43,45-46,48,50,54,56,61,63,69,71,77,79,84-85,89H,6-7,9,11-13,15,17-19,21,23-25,27,29-31,33,35-37,39,41,44,47,49,51-53,55,57-60,62,64-68,70,72-76,78,80-83H2,1-5H3,(H-,87,90,91,92)/b10-8-,16-14-,22-20-,28-26-,34-32-,40-38-,43-42-,46-45-,50-48-,56-54-,63-61+,71-69+,79-77+. The van der Waals surface area contributed by atoms with Gasteiger partial charge in [-0.15, -0.1) is 0 Å². The maximum atomic E-state index is 13.1. The van der Waals surface area contributed by atoms with Gasteiger partial charge >= 0.3 is 0 Å². The Labute approximate surface area is 588 Å². The average molecular weight is 1340 g/mol. The summed E-state index contributed by atoms with van der Waals surface area (Å²) in [7, 11) is 1.22. The fourth-order valence-corrected chi connectivity index (χ4v) is 11.6. The number of carbonyl (C=O) groups excluding carboxylic acids is 1.